The van der Waals surface area contributed by atoms with Gasteiger partial charge in [-0.05, 0) is 50.8 Å². The minimum absolute atomic E-state index is 0.0404. The Labute approximate surface area is 115 Å². The van der Waals surface area contributed by atoms with E-state index in [0.717, 1.165) is 36.3 Å². The lowest BCUT2D eigenvalue weighted by Gasteiger charge is -2.34. The molecule has 0 spiro atoms. The summed E-state index contributed by atoms with van der Waals surface area (Å²) in [6, 6.07) is 5.98. The van der Waals surface area contributed by atoms with E-state index in [1.807, 2.05) is 26.0 Å². The number of nitrogens with one attached hydrogen (secondary N) is 2. The molecule has 3 heteroatoms. The normalized spacial score (nSPS) is 23.1. The third-order valence-electron chi connectivity index (χ3n) is 3.85. The molecule has 1 unspecified atom stereocenters. The number of amides is 1. The van der Waals surface area contributed by atoms with E-state index in [2.05, 4.69) is 23.6 Å². The summed E-state index contributed by atoms with van der Waals surface area (Å²) in [4.78, 5) is 12.2. The zero-order valence-corrected chi connectivity index (χ0v) is 12.2. The molecule has 19 heavy (non-hydrogen) atoms. The molecule has 3 nitrogen and oxygen atoms in total. The number of rotatable bonds is 3. The van der Waals surface area contributed by atoms with E-state index in [1.165, 1.54) is 12.8 Å². The first kappa shape index (κ1) is 14.1. The van der Waals surface area contributed by atoms with Gasteiger partial charge in [-0.3, -0.25) is 4.79 Å². The maximum Gasteiger partial charge on any atom is 0.251 e. The van der Waals surface area contributed by atoms with Crippen LogP contribution in [0.4, 0.5) is 0 Å². The van der Waals surface area contributed by atoms with E-state index in [0.29, 0.717) is 0 Å². The lowest BCUT2D eigenvalue weighted by Crippen LogP contribution is -2.45. The molecule has 104 valence electrons. The standard InChI is InChI=1S/C16H24N2O/c1-12-7-13(2)9-14(8-12)15(19)18-11-16(3)5-4-6-17-10-16/h7-9,17H,4-6,10-11H2,1-3H3,(H,18,19). The first-order chi connectivity index (χ1) is 8.98. The van der Waals surface area contributed by atoms with Gasteiger partial charge in [-0.1, -0.05) is 24.1 Å². The molecule has 1 fully saturated rings. The van der Waals surface area contributed by atoms with Crippen LogP contribution in [0.3, 0.4) is 0 Å². The molecular formula is C16H24N2O. The van der Waals surface area contributed by atoms with Crippen LogP contribution in [0.2, 0.25) is 0 Å². The van der Waals surface area contributed by atoms with Crippen molar-refractivity contribution < 1.29 is 4.79 Å². The molecule has 0 aromatic heterocycles. The molecule has 1 heterocycles. The quantitative estimate of drug-likeness (QED) is 0.876. The number of hydrogen-bond donors (Lipinski definition) is 2. The van der Waals surface area contributed by atoms with Crippen molar-refractivity contribution in [1.82, 2.24) is 10.6 Å². The Morgan fingerprint density at radius 2 is 2.00 bits per heavy atom. The van der Waals surface area contributed by atoms with Crippen LogP contribution in [-0.4, -0.2) is 25.5 Å². The van der Waals surface area contributed by atoms with Gasteiger partial charge in [0.15, 0.2) is 0 Å². The number of piperidine rings is 1. The van der Waals surface area contributed by atoms with Gasteiger partial charge >= 0.3 is 0 Å². The van der Waals surface area contributed by atoms with Gasteiger partial charge in [0.2, 0.25) is 0 Å². The fourth-order valence-corrected chi connectivity index (χ4v) is 2.77. The van der Waals surface area contributed by atoms with Gasteiger partial charge in [0.1, 0.15) is 0 Å². The van der Waals surface area contributed by atoms with Gasteiger partial charge in [0, 0.05) is 18.7 Å². The minimum Gasteiger partial charge on any atom is -0.351 e. The van der Waals surface area contributed by atoms with Crippen LogP contribution >= 0.6 is 0 Å². The van der Waals surface area contributed by atoms with Crippen LogP contribution in [0.5, 0.6) is 0 Å². The summed E-state index contributed by atoms with van der Waals surface area (Å²) < 4.78 is 0. The number of carbonyl (C=O) groups is 1. The van der Waals surface area contributed by atoms with Crippen molar-refractivity contribution in [3.8, 4) is 0 Å². The van der Waals surface area contributed by atoms with E-state index in [4.69, 9.17) is 0 Å². The van der Waals surface area contributed by atoms with Crippen LogP contribution in [0.1, 0.15) is 41.3 Å². The van der Waals surface area contributed by atoms with Gasteiger partial charge in [0.25, 0.3) is 5.91 Å². The van der Waals surface area contributed by atoms with Crippen LogP contribution in [0.25, 0.3) is 0 Å². The summed E-state index contributed by atoms with van der Waals surface area (Å²) in [5.41, 5.74) is 3.23. The molecule has 1 aliphatic heterocycles. The zero-order chi connectivity index (χ0) is 13.9. The molecule has 1 atom stereocenters. The lowest BCUT2D eigenvalue weighted by molar-refractivity contribution is 0.0924. The molecule has 2 N–H and O–H groups in total. The molecule has 0 aliphatic carbocycles. The first-order valence-electron chi connectivity index (χ1n) is 7.06. The van der Waals surface area contributed by atoms with Crippen molar-refractivity contribution in [3.05, 3.63) is 34.9 Å². The largest absolute Gasteiger partial charge is 0.351 e. The van der Waals surface area contributed by atoms with E-state index >= 15 is 0 Å². The average molecular weight is 260 g/mol. The number of carbonyl (C=O) groups excluding carboxylic acids is 1. The average Bonchev–Trinajstić information content (AvgIpc) is 2.36. The third-order valence-corrected chi connectivity index (χ3v) is 3.85. The maximum atomic E-state index is 12.2. The van der Waals surface area contributed by atoms with Crippen molar-refractivity contribution in [2.24, 2.45) is 5.41 Å². The third kappa shape index (κ3) is 3.80. The SMILES string of the molecule is Cc1cc(C)cc(C(=O)NCC2(C)CCCNC2)c1. The molecule has 1 saturated heterocycles. The topological polar surface area (TPSA) is 41.1 Å². The Bertz CT molecular complexity index is 442. The Morgan fingerprint density at radius 3 is 2.58 bits per heavy atom. The first-order valence-corrected chi connectivity index (χ1v) is 7.06. The van der Waals surface area contributed by atoms with Crippen molar-refractivity contribution in [3.63, 3.8) is 0 Å². The van der Waals surface area contributed by atoms with Gasteiger partial charge in [-0.25, -0.2) is 0 Å². The smallest absolute Gasteiger partial charge is 0.251 e. The van der Waals surface area contributed by atoms with E-state index in [1.54, 1.807) is 0 Å². The van der Waals surface area contributed by atoms with Crippen LogP contribution in [0.15, 0.2) is 18.2 Å². The van der Waals surface area contributed by atoms with Crippen LogP contribution < -0.4 is 10.6 Å². The highest BCUT2D eigenvalue weighted by Gasteiger charge is 2.27. The second-order valence-electron chi connectivity index (χ2n) is 6.15. The minimum atomic E-state index is 0.0404. The fraction of sp³-hybridized carbons (Fsp3) is 0.562. The predicted molar refractivity (Wildman–Crippen MR) is 78.5 cm³/mol. The molecule has 0 radical (unpaired) electrons. The zero-order valence-electron chi connectivity index (χ0n) is 12.2. The molecule has 0 saturated carbocycles. The molecule has 1 amide bonds. The van der Waals surface area contributed by atoms with Gasteiger partial charge < -0.3 is 10.6 Å². The van der Waals surface area contributed by atoms with Gasteiger partial charge in [-0.2, -0.15) is 0 Å². The number of benzene rings is 1. The molecular weight excluding hydrogens is 236 g/mol. The summed E-state index contributed by atoms with van der Waals surface area (Å²) in [6.45, 7) is 9.11. The van der Waals surface area contributed by atoms with E-state index in [-0.39, 0.29) is 11.3 Å². The highest BCUT2D eigenvalue weighted by Crippen LogP contribution is 2.24. The molecule has 2 rings (SSSR count). The van der Waals surface area contributed by atoms with E-state index in [9.17, 15) is 4.79 Å². The second kappa shape index (κ2) is 5.74. The molecule has 1 aromatic carbocycles. The van der Waals surface area contributed by atoms with Crippen LogP contribution in [0, 0.1) is 19.3 Å². The van der Waals surface area contributed by atoms with E-state index < -0.39 is 0 Å². The second-order valence-corrected chi connectivity index (χ2v) is 6.15. The highest BCUT2D eigenvalue weighted by atomic mass is 16.1. The highest BCUT2D eigenvalue weighted by molar-refractivity contribution is 5.94. The van der Waals surface area contributed by atoms with Crippen molar-refractivity contribution in [1.29, 1.82) is 0 Å². The summed E-state index contributed by atoms with van der Waals surface area (Å²) in [5, 5.41) is 6.49. The number of aryl methyl sites for hydroxylation is 2. The Morgan fingerprint density at radius 1 is 1.32 bits per heavy atom. The van der Waals surface area contributed by atoms with Crippen molar-refractivity contribution in [2.75, 3.05) is 19.6 Å². The summed E-state index contributed by atoms with van der Waals surface area (Å²) >= 11 is 0. The monoisotopic (exact) mass is 260 g/mol. The fourth-order valence-electron chi connectivity index (χ4n) is 2.77. The summed E-state index contributed by atoms with van der Waals surface area (Å²) in [6.07, 6.45) is 2.36. The Balaban J connectivity index is 1.97. The lowest BCUT2D eigenvalue weighted by atomic mass is 9.83. The number of hydrogen-bond acceptors (Lipinski definition) is 2. The van der Waals surface area contributed by atoms with Crippen molar-refractivity contribution >= 4 is 5.91 Å². The summed E-state index contributed by atoms with van der Waals surface area (Å²) in [7, 11) is 0. The van der Waals surface area contributed by atoms with Crippen molar-refractivity contribution in [2.45, 2.75) is 33.6 Å². The van der Waals surface area contributed by atoms with Crippen LogP contribution in [-0.2, 0) is 0 Å². The maximum absolute atomic E-state index is 12.2. The predicted octanol–water partition coefficient (Wildman–Crippen LogP) is 2.42. The Hall–Kier alpha value is -1.35. The molecule has 0 bridgehead atoms. The molecule has 1 aliphatic rings. The van der Waals surface area contributed by atoms with Gasteiger partial charge in [-0.15, -0.1) is 0 Å². The molecule has 1 aromatic rings. The Kier molecular flexibility index (Phi) is 4.25. The van der Waals surface area contributed by atoms with Gasteiger partial charge in [0.05, 0.1) is 0 Å². The summed E-state index contributed by atoms with van der Waals surface area (Å²) in [5.74, 6) is 0.0404.